The van der Waals surface area contributed by atoms with Crippen LogP contribution in [0.1, 0.15) is 48.5 Å². The highest BCUT2D eigenvalue weighted by atomic mass is 19.1. The van der Waals surface area contributed by atoms with E-state index in [1.165, 1.54) is 10.8 Å². The minimum Gasteiger partial charge on any atom is -0.477 e. The fourth-order valence-corrected chi connectivity index (χ4v) is 3.89. The molecule has 1 unspecified atom stereocenters. The highest BCUT2D eigenvalue weighted by molar-refractivity contribution is 5.94. The number of carboxylic acids is 1. The topological polar surface area (TPSA) is 88.6 Å². The van der Waals surface area contributed by atoms with E-state index in [1.54, 1.807) is 4.90 Å². The predicted molar refractivity (Wildman–Crippen MR) is 97.4 cm³/mol. The van der Waals surface area contributed by atoms with Gasteiger partial charge in [0.15, 0.2) is 5.82 Å². The van der Waals surface area contributed by atoms with Crippen molar-refractivity contribution in [3.8, 4) is 0 Å². The van der Waals surface area contributed by atoms with Crippen molar-refractivity contribution in [1.82, 2.24) is 4.57 Å². The number of fused-ring (bicyclic) bond motifs is 1. The van der Waals surface area contributed by atoms with Crippen molar-refractivity contribution in [3.05, 3.63) is 39.7 Å². The second-order valence-electron chi connectivity index (χ2n) is 7.43. The summed E-state index contributed by atoms with van der Waals surface area (Å²) in [6.45, 7) is 0.814. The van der Waals surface area contributed by atoms with Crippen LogP contribution in [-0.4, -0.2) is 34.8 Å². The highest BCUT2D eigenvalue weighted by Gasteiger charge is 2.31. The zero-order chi connectivity index (χ0) is 19.3. The van der Waals surface area contributed by atoms with Crippen LogP contribution >= 0.6 is 0 Å². The quantitative estimate of drug-likeness (QED) is 0.858. The zero-order valence-corrected chi connectivity index (χ0v) is 14.8. The van der Waals surface area contributed by atoms with Crippen molar-refractivity contribution in [3.63, 3.8) is 0 Å². The molecular formula is C19H21F2N3O3. The Labute approximate surface area is 154 Å². The van der Waals surface area contributed by atoms with E-state index in [4.69, 9.17) is 5.73 Å². The molecular weight excluding hydrogens is 356 g/mol. The summed E-state index contributed by atoms with van der Waals surface area (Å²) in [7, 11) is 0. The van der Waals surface area contributed by atoms with Gasteiger partial charge < -0.3 is 20.3 Å². The second kappa shape index (κ2) is 6.60. The van der Waals surface area contributed by atoms with Crippen LogP contribution in [0.25, 0.3) is 10.9 Å². The van der Waals surface area contributed by atoms with Gasteiger partial charge >= 0.3 is 5.97 Å². The molecule has 1 aliphatic carbocycles. The van der Waals surface area contributed by atoms with Gasteiger partial charge in [0.25, 0.3) is 0 Å². The summed E-state index contributed by atoms with van der Waals surface area (Å²) >= 11 is 0. The largest absolute Gasteiger partial charge is 0.477 e. The minimum atomic E-state index is -1.40. The number of hydrogen-bond acceptors (Lipinski definition) is 4. The molecule has 2 fully saturated rings. The first kappa shape index (κ1) is 17.9. The number of aromatic nitrogens is 1. The van der Waals surface area contributed by atoms with Gasteiger partial charge in [-0.1, -0.05) is 6.42 Å². The van der Waals surface area contributed by atoms with E-state index < -0.39 is 28.6 Å². The maximum atomic E-state index is 15.5. The zero-order valence-electron chi connectivity index (χ0n) is 14.8. The van der Waals surface area contributed by atoms with Gasteiger partial charge in [-0.05, 0) is 31.7 Å². The van der Waals surface area contributed by atoms with Gasteiger partial charge in [0.1, 0.15) is 17.1 Å². The lowest BCUT2D eigenvalue weighted by molar-refractivity contribution is 0.0695. The van der Waals surface area contributed by atoms with Crippen LogP contribution in [0, 0.1) is 11.6 Å². The van der Waals surface area contributed by atoms with E-state index >= 15 is 4.39 Å². The Morgan fingerprint density at radius 1 is 1.22 bits per heavy atom. The molecule has 27 heavy (non-hydrogen) atoms. The van der Waals surface area contributed by atoms with Crippen molar-refractivity contribution in [2.24, 2.45) is 5.73 Å². The number of hydrogen-bond donors (Lipinski definition) is 2. The number of carboxylic acid groups (broad SMARTS) is 1. The molecule has 1 aromatic heterocycles. The maximum Gasteiger partial charge on any atom is 0.341 e. The third-order valence-electron chi connectivity index (χ3n) is 5.38. The molecule has 1 aromatic carbocycles. The molecule has 2 aromatic rings. The van der Waals surface area contributed by atoms with Gasteiger partial charge in [0.2, 0.25) is 5.43 Å². The van der Waals surface area contributed by atoms with Crippen LogP contribution in [0.5, 0.6) is 0 Å². The first-order valence-corrected chi connectivity index (χ1v) is 9.19. The smallest absolute Gasteiger partial charge is 0.341 e. The summed E-state index contributed by atoms with van der Waals surface area (Å²) in [5.74, 6) is -3.09. The lowest BCUT2D eigenvalue weighted by Gasteiger charge is -2.27. The molecule has 2 aliphatic rings. The molecule has 6 nitrogen and oxygen atoms in total. The van der Waals surface area contributed by atoms with E-state index in [2.05, 4.69) is 0 Å². The number of halogens is 2. The summed E-state index contributed by atoms with van der Waals surface area (Å²) < 4.78 is 31.9. The van der Waals surface area contributed by atoms with E-state index in [0.717, 1.165) is 38.2 Å². The van der Waals surface area contributed by atoms with Crippen LogP contribution in [-0.2, 0) is 0 Å². The molecule has 0 bridgehead atoms. The number of aromatic carboxylic acids is 1. The number of carbonyl (C=O) groups is 1. The fraction of sp³-hybridized carbons (Fsp3) is 0.474. The van der Waals surface area contributed by atoms with Crippen LogP contribution in [0.15, 0.2) is 17.1 Å². The van der Waals surface area contributed by atoms with Crippen molar-refractivity contribution in [1.29, 1.82) is 0 Å². The highest BCUT2D eigenvalue weighted by Crippen LogP contribution is 2.39. The summed E-state index contributed by atoms with van der Waals surface area (Å²) in [6, 6.07) is 0.713. The monoisotopic (exact) mass is 377 g/mol. The van der Waals surface area contributed by atoms with Crippen LogP contribution in [0.2, 0.25) is 0 Å². The Morgan fingerprint density at radius 3 is 2.63 bits per heavy atom. The molecule has 0 amide bonds. The molecule has 1 saturated heterocycles. The van der Waals surface area contributed by atoms with E-state index in [0.29, 0.717) is 13.1 Å². The number of nitrogens with zero attached hydrogens (tertiary/aromatic N) is 2. The standard InChI is InChI=1S/C19H21F2N3O3/c20-14-7-12-16(15(21)17(14)23-6-2-1-3-10(22)8-23)24(11-4-5-11)9-13(18(12)25)19(26)27/h7,9-11H,1-6,8,22H2,(H,26,27). The van der Waals surface area contributed by atoms with Crippen molar-refractivity contribution < 1.29 is 18.7 Å². The third-order valence-corrected chi connectivity index (χ3v) is 5.38. The molecule has 4 rings (SSSR count). The van der Waals surface area contributed by atoms with Crippen molar-refractivity contribution in [2.75, 3.05) is 18.0 Å². The van der Waals surface area contributed by atoms with E-state index in [1.807, 2.05) is 0 Å². The molecule has 144 valence electrons. The Kier molecular flexibility index (Phi) is 4.38. The Balaban J connectivity index is 1.98. The van der Waals surface area contributed by atoms with Gasteiger partial charge in [-0.25, -0.2) is 13.6 Å². The van der Waals surface area contributed by atoms with E-state index in [9.17, 15) is 19.1 Å². The van der Waals surface area contributed by atoms with Gasteiger partial charge in [-0.2, -0.15) is 0 Å². The van der Waals surface area contributed by atoms with Gasteiger partial charge in [0.05, 0.1) is 10.9 Å². The van der Waals surface area contributed by atoms with Crippen molar-refractivity contribution >= 4 is 22.6 Å². The second-order valence-corrected chi connectivity index (χ2v) is 7.43. The summed E-state index contributed by atoms with van der Waals surface area (Å²) in [6.07, 6.45) is 5.17. The molecule has 1 atom stereocenters. The number of anilines is 1. The van der Waals surface area contributed by atoms with Gasteiger partial charge in [-0.15, -0.1) is 0 Å². The van der Waals surface area contributed by atoms with Gasteiger partial charge in [0, 0.05) is 31.4 Å². The number of rotatable bonds is 3. The number of benzene rings is 1. The summed E-state index contributed by atoms with van der Waals surface area (Å²) in [5, 5.41) is 9.05. The first-order chi connectivity index (χ1) is 12.9. The molecule has 1 saturated carbocycles. The Morgan fingerprint density at radius 2 is 1.96 bits per heavy atom. The number of pyridine rings is 1. The SMILES string of the molecule is NC1CCCCN(c2c(F)cc3c(=O)c(C(=O)O)cn(C4CC4)c3c2F)C1. The third kappa shape index (κ3) is 3.07. The molecule has 0 spiro atoms. The molecule has 1 aliphatic heterocycles. The molecule has 2 heterocycles. The minimum absolute atomic E-state index is 0.0262. The lowest BCUT2D eigenvalue weighted by atomic mass is 10.1. The van der Waals surface area contributed by atoms with E-state index in [-0.39, 0.29) is 28.7 Å². The molecule has 0 radical (unpaired) electrons. The number of nitrogens with two attached hydrogens (primary N) is 1. The Hall–Kier alpha value is -2.48. The fourth-order valence-electron chi connectivity index (χ4n) is 3.89. The summed E-state index contributed by atoms with van der Waals surface area (Å²) in [5.41, 5.74) is 4.48. The van der Waals surface area contributed by atoms with Crippen LogP contribution in [0.4, 0.5) is 14.5 Å². The Bertz CT molecular complexity index is 985. The van der Waals surface area contributed by atoms with Crippen LogP contribution in [0.3, 0.4) is 0 Å². The summed E-state index contributed by atoms with van der Waals surface area (Å²) in [4.78, 5) is 25.5. The molecule has 8 heteroatoms. The first-order valence-electron chi connectivity index (χ1n) is 9.19. The van der Waals surface area contributed by atoms with Crippen LogP contribution < -0.4 is 16.1 Å². The maximum absolute atomic E-state index is 15.5. The molecule has 3 N–H and O–H groups in total. The van der Waals surface area contributed by atoms with Crippen molar-refractivity contribution in [2.45, 2.75) is 44.2 Å². The average molecular weight is 377 g/mol. The average Bonchev–Trinajstić information content (AvgIpc) is 3.44. The predicted octanol–water partition coefficient (Wildman–Crippen LogP) is 2.63. The van der Waals surface area contributed by atoms with Gasteiger partial charge in [-0.3, -0.25) is 4.79 Å². The normalized spacial score (nSPS) is 20.7. The lowest BCUT2D eigenvalue weighted by Crippen LogP contribution is -2.37.